The maximum absolute atomic E-state index is 12.7. The molecule has 1 fully saturated rings. The van der Waals surface area contributed by atoms with E-state index in [-0.39, 0.29) is 32.3 Å². The summed E-state index contributed by atoms with van der Waals surface area (Å²) in [5, 5.41) is 0. The Morgan fingerprint density at radius 2 is 1.53 bits per heavy atom. The van der Waals surface area contributed by atoms with Gasteiger partial charge in [-0.15, -0.1) is 0 Å². The Morgan fingerprint density at radius 3 is 2.07 bits per heavy atom. The van der Waals surface area contributed by atoms with Gasteiger partial charge in [0.2, 0.25) is 0 Å². The van der Waals surface area contributed by atoms with Crippen LogP contribution in [-0.2, 0) is 25.6 Å². The first-order chi connectivity index (χ1) is 13.8. The molecule has 0 N–H and O–H groups in total. The van der Waals surface area contributed by atoms with Crippen molar-refractivity contribution >= 4 is 18.2 Å². The Bertz CT molecular complexity index is 745. The van der Waals surface area contributed by atoms with Crippen LogP contribution in [0, 0.1) is 0 Å². The van der Waals surface area contributed by atoms with Crippen molar-refractivity contribution in [2.45, 2.75) is 65.4 Å². The molecule has 1 aromatic rings. The first-order valence-corrected chi connectivity index (χ1v) is 10.0. The van der Waals surface area contributed by atoms with Gasteiger partial charge in [-0.3, -0.25) is 9.69 Å². The Kier molecular flexibility index (Phi) is 7.34. The number of likely N-dealkylation sites (tertiary alicyclic amines) is 1. The van der Waals surface area contributed by atoms with Crippen LogP contribution >= 0.6 is 0 Å². The zero-order valence-electron chi connectivity index (χ0n) is 18.6. The Labute approximate surface area is 178 Å². The molecule has 0 spiro atoms. The lowest BCUT2D eigenvalue weighted by Gasteiger charge is -2.44. The van der Waals surface area contributed by atoms with Crippen molar-refractivity contribution in [1.82, 2.24) is 9.80 Å². The topological polar surface area (TPSA) is 85.4 Å². The van der Waals surface area contributed by atoms with Crippen molar-refractivity contribution in [1.29, 1.82) is 0 Å². The molecule has 1 heterocycles. The summed E-state index contributed by atoms with van der Waals surface area (Å²) in [7, 11) is 0. The number of amides is 2. The lowest BCUT2D eigenvalue weighted by atomic mass is 10.1. The molecule has 2 amide bonds. The number of carbonyl (C=O) groups excluding carboxylic acids is 3. The second-order valence-corrected chi connectivity index (χ2v) is 9.29. The molecule has 1 aliphatic rings. The van der Waals surface area contributed by atoms with Gasteiger partial charge >= 0.3 is 18.2 Å². The van der Waals surface area contributed by atoms with Crippen LogP contribution in [-0.4, -0.2) is 64.8 Å². The summed E-state index contributed by atoms with van der Waals surface area (Å²) in [5.41, 5.74) is -0.457. The highest BCUT2D eigenvalue weighted by atomic mass is 16.6. The first kappa shape index (κ1) is 23.5. The van der Waals surface area contributed by atoms with E-state index in [1.807, 2.05) is 30.3 Å². The lowest BCUT2D eigenvalue weighted by Crippen LogP contribution is -2.64. The van der Waals surface area contributed by atoms with Crippen LogP contribution in [0.2, 0.25) is 0 Å². The molecule has 0 aromatic heterocycles. The van der Waals surface area contributed by atoms with Gasteiger partial charge in [0.05, 0.1) is 6.04 Å². The predicted octanol–water partition coefficient (Wildman–Crippen LogP) is 3.59. The number of hydrogen-bond acceptors (Lipinski definition) is 6. The molecule has 1 aromatic carbocycles. The zero-order valence-corrected chi connectivity index (χ0v) is 18.6. The van der Waals surface area contributed by atoms with Gasteiger partial charge in [-0.2, -0.15) is 0 Å². The standard InChI is InChI=1S/C22H32N2O6/c1-21(2,3)29-19(26)23-12-17(13-23)24(20(27)30-22(4,5)6)14-18(25)28-15-16-10-8-7-9-11-16/h7-11,17H,12-15H2,1-6H3. The molecular weight excluding hydrogens is 388 g/mol. The van der Waals surface area contributed by atoms with Crippen LogP contribution in [0.15, 0.2) is 30.3 Å². The van der Waals surface area contributed by atoms with E-state index in [4.69, 9.17) is 14.2 Å². The van der Waals surface area contributed by atoms with Crippen molar-refractivity contribution in [3.63, 3.8) is 0 Å². The van der Waals surface area contributed by atoms with E-state index in [1.165, 1.54) is 9.80 Å². The quantitative estimate of drug-likeness (QED) is 0.535. The van der Waals surface area contributed by atoms with Gasteiger partial charge < -0.3 is 19.1 Å². The molecule has 1 saturated heterocycles. The number of esters is 1. The predicted molar refractivity (Wildman–Crippen MR) is 111 cm³/mol. The summed E-state index contributed by atoms with van der Waals surface area (Å²) in [5.74, 6) is -0.541. The van der Waals surface area contributed by atoms with Crippen LogP contribution in [0.25, 0.3) is 0 Å². The van der Waals surface area contributed by atoms with Crippen molar-refractivity contribution in [2.24, 2.45) is 0 Å². The fraction of sp³-hybridized carbons (Fsp3) is 0.591. The molecule has 2 rings (SSSR count). The molecule has 166 valence electrons. The van der Waals surface area contributed by atoms with Crippen LogP contribution in [0.4, 0.5) is 9.59 Å². The molecule has 0 atom stereocenters. The van der Waals surface area contributed by atoms with E-state index in [9.17, 15) is 14.4 Å². The average Bonchev–Trinajstić information content (AvgIpc) is 2.55. The molecule has 0 radical (unpaired) electrons. The molecule has 0 saturated carbocycles. The van der Waals surface area contributed by atoms with Gasteiger partial charge in [-0.05, 0) is 47.1 Å². The summed E-state index contributed by atoms with van der Waals surface area (Å²) in [6.45, 7) is 11.0. The molecule has 0 bridgehead atoms. The highest BCUT2D eigenvalue weighted by Crippen LogP contribution is 2.21. The van der Waals surface area contributed by atoms with Gasteiger partial charge in [0.15, 0.2) is 0 Å². The Hall–Kier alpha value is -2.77. The van der Waals surface area contributed by atoms with Crippen LogP contribution in [0.3, 0.4) is 0 Å². The zero-order chi connectivity index (χ0) is 22.5. The normalized spacial score (nSPS) is 14.5. The highest BCUT2D eigenvalue weighted by Gasteiger charge is 2.41. The Balaban J connectivity index is 1.97. The van der Waals surface area contributed by atoms with Crippen LogP contribution in [0.5, 0.6) is 0 Å². The van der Waals surface area contributed by atoms with Crippen LogP contribution < -0.4 is 0 Å². The number of rotatable bonds is 5. The third kappa shape index (κ3) is 7.57. The Morgan fingerprint density at radius 1 is 0.967 bits per heavy atom. The molecule has 8 heteroatoms. The summed E-state index contributed by atoms with van der Waals surface area (Å²) in [6, 6.07) is 8.94. The molecular formula is C22H32N2O6. The van der Waals surface area contributed by atoms with E-state index < -0.39 is 29.4 Å². The van der Waals surface area contributed by atoms with E-state index in [2.05, 4.69) is 0 Å². The van der Waals surface area contributed by atoms with Crippen molar-refractivity contribution in [3.05, 3.63) is 35.9 Å². The van der Waals surface area contributed by atoms with E-state index in [1.54, 1.807) is 41.5 Å². The first-order valence-electron chi connectivity index (χ1n) is 10.0. The number of hydrogen-bond donors (Lipinski definition) is 0. The average molecular weight is 421 g/mol. The molecule has 0 aliphatic carbocycles. The van der Waals surface area contributed by atoms with Gasteiger partial charge in [-0.1, -0.05) is 30.3 Å². The minimum Gasteiger partial charge on any atom is -0.459 e. The SMILES string of the molecule is CC(C)(C)OC(=O)N1CC(N(CC(=O)OCc2ccccc2)C(=O)OC(C)(C)C)C1. The van der Waals surface area contributed by atoms with Gasteiger partial charge in [0, 0.05) is 13.1 Å². The van der Waals surface area contributed by atoms with E-state index in [0.29, 0.717) is 0 Å². The minimum atomic E-state index is -0.710. The van der Waals surface area contributed by atoms with E-state index >= 15 is 0 Å². The minimum absolute atomic E-state index is 0.122. The van der Waals surface area contributed by atoms with E-state index in [0.717, 1.165) is 5.56 Å². The maximum Gasteiger partial charge on any atom is 0.411 e. The summed E-state index contributed by atoms with van der Waals surface area (Å²) < 4.78 is 16.1. The summed E-state index contributed by atoms with van der Waals surface area (Å²) >= 11 is 0. The van der Waals surface area contributed by atoms with Gasteiger partial charge in [-0.25, -0.2) is 9.59 Å². The number of benzene rings is 1. The highest BCUT2D eigenvalue weighted by molar-refractivity contribution is 5.79. The largest absolute Gasteiger partial charge is 0.459 e. The number of ether oxygens (including phenoxy) is 3. The van der Waals surface area contributed by atoms with Crippen molar-refractivity contribution in [3.8, 4) is 0 Å². The lowest BCUT2D eigenvalue weighted by molar-refractivity contribution is -0.147. The number of nitrogens with zero attached hydrogens (tertiary/aromatic N) is 2. The van der Waals surface area contributed by atoms with Crippen molar-refractivity contribution < 1.29 is 28.6 Å². The van der Waals surface area contributed by atoms with Gasteiger partial charge in [0.1, 0.15) is 24.4 Å². The second-order valence-electron chi connectivity index (χ2n) is 9.29. The molecule has 1 aliphatic heterocycles. The number of carbonyl (C=O) groups is 3. The fourth-order valence-electron chi connectivity index (χ4n) is 2.71. The molecule has 8 nitrogen and oxygen atoms in total. The van der Waals surface area contributed by atoms with Crippen LogP contribution in [0.1, 0.15) is 47.1 Å². The second kappa shape index (κ2) is 9.36. The summed E-state index contributed by atoms with van der Waals surface area (Å²) in [6.07, 6.45) is -1.07. The van der Waals surface area contributed by atoms with Crippen molar-refractivity contribution in [2.75, 3.05) is 19.6 Å². The third-order valence-electron chi connectivity index (χ3n) is 4.12. The summed E-state index contributed by atoms with van der Waals surface area (Å²) in [4.78, 5) is 40.0. The smallest absolute Gasteiger partial charge is 0.411 e. The monoisotopic (exact) mass is 420 g/mol. The fourth-order valence-corrected chi connectivity index (χ4v) is 2.71. The third-order valence-corrected chi connectivity index (χ3v) is 4.12. The van der Waals surface area contributed by atoms with Gasteiger partial charge in [0.25, 0.3) is 0 Å². The molecule has 0 unspecified atom stereocenters. The maximum atomic E-state index is 12.7. The molecule has 30 heavy (non-hydrogen) atoms.